The molecule has 1 aliphatic rings. The van der Waals surface area contributed by atoms with E-state index >= 15 is 0 Å². The zero-order chi connectivity index (χ0) is 12.7. The van der Waals surface area contributed by atoms with Crippen LogP contribution in [-0.2, 0) is 4.79 Å². The fourth-order valence-corrected chi connectivity index (χ4v) is 2.16. The summed E-state index contributed by atoms with van der Waals surface area (Å²) in [6.45, 7) is 0.318. The van der Waals surface area contributed by atoms with E-state index in [0.29, 0.717) is 12.4 Å². The number of furan rings is 1. The number of benzene rings is 1. The predicted octanol–water partition coefficient (Wildman–Crippen LogP) is 1.38. The zero-order valence-electron chi connectivity index (χ0n) is 10.3. The fourth-order valence-electron chi connectivity index (χ4n) is 2.16. The Bertz CT molecular complexity index is 605. The maximum atomic E-state index is 12.2. The molecule has 1 aromatic heterocycles. The summed E-state index contributed by atoms with van der Waals surface area (Å²) in [6, 6.07) is 5.28. The molecule has 1 aliphatic heterocycles. The number of rotatable bonds is 1. The molecular formula is C13H14N2O3. The van der Waals surface area contributed by atoms with Crippen molar-refractivity contribution < 1.29 is 13.9 Å². The Morgan fingerprint density at radius 1 is 1.44 bits per heavy atom. The number of hydrogen-bond acceptors (Lipinski definition) is 4. The number of carbonyl (C=O) groups excluding carboxylic acids is 1. The van der Waals surface area contributed by atoms with Crippen LogP contribution in [0.3, 0.4) is 0 Å². The molecule has 0 bridgehead atoms. The molecule has 0 radical (unpaired) electrons. The number of fused-ring (bicyclic) bond motifs is 2. The Morgan fingerprint density at radius 2 is 2.28 bits per heavy atom. The second-order valence-electron chi connectivity index (χ2n) is 4.33. The summed E-state index contributed by atoms with van der Waals surface area (Å²) in [5.41, 5.74) is 1.53. The molecule has 0 aliphatic carbocycles. The van der Waals surface area contributed by atoms with E-state index < -0.39 is 0 Å². The van der Waals surface area contributed by atoms with Gasteiger partial charge in [0.15, 0.2) is 0 Å². The van der Waals surface area contributed by atoms with Crippen LogP contribution in [0.15, 0.2) is 28.9 Å². The Morgan fingerprint density at radius 3 is 3.06 bits per heavy atom. The minimum absolute atomic E-state index is 0.000838. The average molecular weight is 246 g/mol. The van der Waals surface area contributed by atoms with Crippen LogP contribution in [0.2, 0.25) is 0 Å². The lowest BCUT2D eigenvalue weighted by Crippen LogP contribution is -2.45. The van der Waals surface area contributed by atoms with Crippen molar-refractivity contribution in [2.75, 3.05) is 25.6 Å². The highest BCUT2D eigenvalue weighted by molar-refractivity contribution is 6.01. The second kappa shape index (κ2) is 4.03. The van der Waals surface area contributed by atoms with Gasteiger partial charge in [-0.25, -0.2) is 0 Å². The van der Waals surface area contributed by atoms with Crippen LogP contribution in [0.5, 0.6) is 5.75 Å². The molecular weight excluding hydrogens is 232 g/mol. The van der Waals surface area contributed by atoms with E-state index in [1.807, 2.05) is 18.2 Å². The van der Waals surface area contributed by atoms with Crippen molar-refractivity contribution in [2.45, 2.75) is 6.04 Å². The van der Waals surface area contributed by atoms with Crippen molar-refractivity contribution in [3.05, 3.63) is 24.5 Å². The van der Waals surface area contributed by atoms with Gasteiger partial charge in [0.25, 0.3) is 0 Å². The average Bonchev–Trinajstić information content (AvgIpc) is 2.80. The molecule has 94 valence electrons. The lowest BCUT2D eigenvalue weighted by molar-refractivity contribution is -0.120. The van der Waals surface area contributed by atoms with Crippen molar-refractivity contribution in [1.82, 2.24) is 5.32 Å². The van der Waals surface area contributed by atoms with Crippen LogP contribution in [0.1, 0.15) is 0 Å². The third-order valence-corrected chi connectivity index (χ3v) is 3.28. The molecule has 0 unspecified atom stereocenters. The monoisotopic (exact) mass is 246 g/mol. The number of amides is 1. The topological polar surface area (TPSA) is 54.7 Å². The van der Waals surface area contributed by atoms with Gasteiger partial charge < -0.3 is 19.4 Å². The first-order valence-electron chi connectivity index (χ1n) is 5.79. The zero-order valence-corrected chi connectivity index (χ0v) is 10.3. The minimum Gasteiger partial charge on any atom is -0.489 e. The molecule has 2 heterocycles. The molecule has 1 amide bonds. The number of anilines is 1. The van der Waals surface area contributed by atoms with Crippen molar-refractivity contribution in [3.63, 3.8) is 0 Å². The van der Waals surface area contributed by atoms with Gasteiger partial charge in [-0.3, -0.25) is 4.79 Å². The number of nitrogens with one attached hydrogen (secondary N) is 1. The van der Waals surface area contributed by atoms with E-state index in [2.05, 4.69) is 5.32 Å². The molecule has 2 aromatic rings. The van der Waals surface area contributed by atoms with E-state index in [0.717, 1.165) is 16.7 Å². The van der Waals surface area contributed by atoms with Gasteiger partial charge in [-0.05, 0) is 19.2 Å². The fraction of sp³-hybridized carbons (Fsp3) is 0.308. The van der Waals surface area contributed by atoms with Crippen LogP contribution < -0.4 is 15.0 Å². The maximum Gasteiger partial charge on any atom is 0.247 e. The quantitative estimate of drug-likeness (QED) is 0.825. The van der Waals surface area contributed by atoms with Gasteiger partial charge in [-0.2, -0.15) is 0 Å². The molecule has 18 heavy (non-hydrogen) atoms. The van der Waals surface area contributed by atoms with E-state index in [1.165, 1.54) is 0 Å². The van der Waals surface area contributed by atoms with Gasteiger partial charge >= 0.3 is 0 Å². The van der Waals surface area contributed by atoms with E-state index in [1.54, 1.807) is 25.3 Å². The number of likely N-dealkylation sites (N-methyl/N-ethyl adjacent to an activating group) is 2. The molecule has 0 saturated carbocycles. The van der Waals surface area contributed by atoms with Crippen LogP contribution >= 0.6 is 0 Å². The van der Waals surface area contributed by atoms with Crippen LogP contribution in [-0.4, -0.2) is 32.7 Å². The molecule has 0 fully saturated rings. The van der Waals surface area contributed by atoms with E-state index in [9.17, 15) is 4.79 Å². The first-order chi connectivity index (χ1) is 8.70. The first kappa shape index (κ1) is 11.1. The van der Waals surface area contributed by atoms with Crippen molar-refractivity contribution in [1.29, 1.82) is 0 Å². The number of ether oxygens (including phenoxy) is 1. The van der Waals surface area contributed by atoms with Crippen molar-refractivity contribution in [2.24, 2.45) is 0 Å². The van der Waals surface area contributed by atoms with Gasteiger partial charge in [-0.1, -0.05) is 0 Å². The summed E-state index contributed by atoms with van der Waals surface area (Å²) in [7, 11) is 3.51. The third-order valence-electron chi connectivity index (χ3n) is 3.28. The third kappa shape index (κ3) is 1.55. The highest BCUT2D eigenvalue weighted by Crippen LogP contribution is 2.35. The van der Waals surface area contributed by atoms with Crippen LogP contribution in [0, 0.1) is 0 Å². The summed E-state index contributed by atoms with van der Waals surface area (Å²) < 4.78 is 11.0. The van der Waals surface area contributed by atoms with E-state index in [-0.39, 0.29) is 11.9 Å². The van der Waals surface area contributed by atoms with Crippen LogP contribution in [0.4, 0.5) is 5.69 Å². The highest BCUT2D eigenvalue weighted by Gasteiger charge is 2.28. The Labute approximate surface area is 104 Å². The molecule has 1 N–H and O–H groups in total. The summed E-state index contributed by atoms with van der Waals surface area (Å²) >= 11 is 0. The molecule has 1 aromatic carbocycles. The summed E-state index contributed by atoms with van der Waals surface area (Å²) in [4.78, 5) is 13.8. The Balaban J connectivity index is 2.13. The Kier molecular flexibility index (Phi) is 2.48. The second-order valence-corrected chi connectivity index (χ2v) is 4.33. The predicted molar refractivity (Wildman–Crippen MR) is 68.0 cm³/mol. The summed E-state index contributed by atoms with van der Waals surface area (Å²) in [6.07, 6.45) is 1.63. The maximum absolute atomic E-state index is 12.2. The lowest BCUT2D eigenvalue weighted by atomic mass is 10.2. The molecule has 5 heteroatoms. The Hall–Kier alpha value is -2.01. The molecule has 5 nitrogen and oxygen atoms in total. The molecule has 1 atom stereocenters. The van der Waals surface area contributed by atoms with E-state index in [4.69, 9.17) is 9.15 Å². The smallest absolute Gasteiger partial charge is 0.247 e. The largest absolute Gasteiger partial charge is 0.489 e. The standard InChI is InChI=1S/C13H14N2O3/c1-14-9-7-18-12-6-11-8(3-4-17-11)5-10(12)15(2)13(9)16/h3-6,9,14H,7H2,1-2H3/t9-/m0/s1. The van der Waals surface area contributed by atoms with Gasteiger partial charge in [0, 0.05) is 18.5 Å². The summed E-state index contributed by atoms with van der Waals surface area (Å²) in [5, 5.41) is 3.91. The number of nitrogens with zero attached hydrogens (tertiary/aromatic N) is 1. The first-order valence-corrected chi connectivity index (χ1v) is 5.79. The SMILES string of the molecule is CN[C@H]1COc2cc3occc3cc2N(C)C1=O. The molecule has 3 rings (SSSR count). The number of carbonyl (C=O) groups is 1. The lowest BCUT2D eigenvalue weighted by Gasteiger charge is -2.19. The van der Waals surface area contributed by atoms with Gasteiger partial charge in [0.05, 0.1) is 12.0 Å². The highest BCUT2D eigenvalue weighted by atomic mass is 16.5. The summed E-state index contributed by atoms with van der Waals surface area (Å²) in [5.74, 6) is 0.671. The van der Waals surface area contributed by atoms with Gasteiger partial charge in [-0.15, -0.1) is 0 Å². The minimum atomic E-state index is -0.325. The number of hydrogen-bond donors (Lipinski definition) is 1. The van der Waals surface area contributed by atoms with Crippen LogP contribution in [0.25, 0.3) is 11.0 Å². The molecule has 0 saturated heterocycles. The van der Waals surface area contributed by atoms with Gasteiger partial charge in [0.1, 0.15) is 24.0 Å². The van der Waals surface area contributed by atoms with Gasteiger partial charge in [0.2, 0.25) is 5.91 Å². The van der Waals surface area contributed by atoms with Crippen molar-refractivity contribution in [3.8, 4) is 5.75 Å². The van der Waals surface area contributed by atoms with Crippen molar-refractivity contribution >= 4 is 22.6 Å². The molecule has 0 spiro atoms. The normalized spacial score (nSPS) is 19.6.